The molecule has 3 atom stereocenters. The monoisotopic (exact) mass is 1050 g/mol. The van der Waals surface area contributed by atoms with Crippen LogP contribution in [0.5, 0.6) is 0 Å². The van der Waals surface area contributed by atoms with Gasteiger partial charge in [-0.2, -0.15) is 0 Å². The van der Waals surface area contributed by atoms with Gasteiger partial charge in [-0.05, 0) is 109 Å². The Kier molecular flexibility index (Phi) is 52.5. The van der Waals surface area contributed by atoms with Crippen LogP contribution in [0.2, 0.25) is 0 Å². The summed E-state index contributed by atoms with van der Waals surface area (Å²) in [5, 5.41) is 9.80. The number of esters is 3. The van der Waals surface area contributed by atoms with Crippen LogP contribution in [0.15, 0.2) is 109 Å². The molecule has 0 aromatic heterocycles. The Bertz CT molecular complexity index is 1660. The van der Waals surface area contributed by atoms with Gasteiger partial charge in [0.2, 0.25) is 0 Å². The molecule has 0 saturated carbocycles. The Hall–Kier alpha value is -3.86. The van der Waals surface area contributed by atoms with E-state index in [0.29, 0.717) is 19.3 Å². The number of unbranched alkanes of at least 4 members (excludes halogenated alkanes) is 18. The predicted molar refractivity (Wildman–Crippen MR) is 307 cm³/mol. The summed E-state index contributed by atoms with van der Waals surface area (Å²) in [6.45, 7) is 4.34. The molecule has 0 fully saturated rings. The van der Waals surface area contributed by atoms with E-state index in [9.17, 15) is 28.9 Å². The molecule has 0 aliphatic carbocycles. The number of phosphoric acid groups is 1. The first-order chi connectivity index (χ1) is 36.2. The highest BCUT2D eigenvalue weighted by Gasteiger charge is 2.28. The third kappa shape index (κ3) is 53.0. The topological polar surface area (TPSA) is 155 Å². The molecule has 2 N–H and O–H groups in total. The zero-order valence-corrected chi connectivity index (χ0v) is 47.4. The van der Waals surface area contributed by atoms with Gasteiger partial charge in [0.25, 0.3) is 0 Å². The van der Waals surface area contributed by atoms with E-state index in [-0.39, 0.29) is 19.3 Å². The Balaban J connectivity index is 4.87. The van der Waals surface area contributed by atoms with Crippen LogP contribution >= 0.6 is 7.82 Å². The zero-order valence-electron chi connectivity index (χ0n) is 46.5. The first-order valence-electron chi connectivity index (χ1n) is 28.8. The maximum absolute atomic E-state index is 12.9. The second-order valence-corrected chi connectivity index (χ2v) is 20.2. The molecule has 12 heteroatoms. The standard InChI is InChI=1S/C62H103O11P/c1-4-7-10-13-16-19-22-25-27-28-29-30-32-35-38-41-44-47-50-53-62(66)73-59(55-69-60(64)51-48-45-42-39-36-34-31-26-23-20-17-14-11-8-5-2)57-71-74(67,68)70-56-58(54-63)72-61(65)52-49-46-43-40-37-33-24-21-18-15-12-9-6-3/h8,11,16-17,19-21,24-27,29-31,36,39,45,48,58-59,63H,4-7,9-10,12-15,18,22-23,28,32-35,37-38,40-44,46-47,49-57H2,1-3H3,(H,67,68)/b11-8-,19-16-,20-17-,24-21-,27-25-,30-29-,31-26-,39-36-,48-45-. The van der Waals surface area contributed by atoms with E-state index in [1.165, 1.54) is 51.4 Å². The molecule has 422 valence electrons. The molecule has 3 unspecified atom stereocenters. The number of aliphatic hydroxyl groups excluding tert-OH is 1. The van der Waals surface area contributed by atoms with Gasteiger partial charge >= 0.3 is 25.7 Å². The lowest BCUT2D eigenvalue weighted by molar-refractivity contribution is -0.161. The van der Waals surface area contributed by atoms with E-state index in [1.54, 1.807) is 6.08 Å². The van der Waals surface area contributed by atoms with Gasteiger partial charge in [-0.25, -0.2) is 4.57 Å². The Morgan fingerprint density at radius 1 is 0.405 bits per heavy atom. The molecule has 0 rings (SSSR count). The van der Waals surface area contributed by atoms with Crippen LogP contribution in [0.25, 0.3) is 0 Å². The number of hydrogen-bond acceptors (Lipinski definition) is 10. The molecule has 11 nitrogen and oxygen atoms in total. The van der Waals surface area contributed by atoms with E-state index >= 15 is 0 Å². The van der Waals surface area contributed by atoms with Crippen molar-refractivity contribution in [1.29, 1.82) is 0 Å². The van der Waals surface area contributed by atoms with E-state index < -0.39 is 64.4 Å². The molecule has 0 bridgehead atoms. The summed E-state index contributed by atoms with van der Waals surface area (Å²) in [5.74, 6) is -1.65. The average Bonchev–Trinajstić information content (AvgIpc) is 3.39. The van der Waals surface area contributed by atoms with Crippen molar-refractivity contribution in [2.45, 2.75) is 238 Å². The van der Waals surface area contributed by atoms with Gasteiger partial charge < -0.3 is 24.2 Å². The number of carbonyl (C=O) groups is 3. The van der Waals surface area contributed by atoms with Crippen molar-refractivity contribution in [3.05, 3.63) is 109 Å². The first-order valence-corrected chi connectivity index (χ1v) is 30.3. The second-order valence-electron chi connectivity index (χ2n) is 18.7. The van der Waals surface area contributed by atoms with Crippen molar-refractivity contribution in [3.8, 4) is 0 Å². The predicted octanol–water partition coefficient (Wildman–Crippen LogP) is 17.0. The molecular weight excluding hydrogens is 952 g/mol. The summed E-state index contributed by atoms with van der Waals surface area (Å²) in [4.78, 5) is 48.5. The molecule has 0 aliphatic heterocycles. The molecular formula is C62H103O11P. The SMILES string of the molecule is CC/C=C\C/C=C\C/C=C\C/C=C\C/C=C\CC(=O)OCC(COP(=O)(O)OCC(CO)OC(=O)CCCCCCC/C=C\CCCCCC)OC(=O)CCCCCCCC/C=C\C/C=C\C/C=C\CCCCC. The minimum absolute atomic E-state index is 0.0138. The van der Waals surface area contributed by atoms with Crippen LogP contribution in [0.4, 0.5) is 0 Å². The summed E-state index contributed by atoms with van der Waals surface area (Å²) >= 11 is 0. The number of hydrogen-bond donors (Lipinski definition) is 2. The normalized spacial score (nSPS) is 14.2. The van der Waals surface area contributed by atoms with Gasteiger partial charge in [-0.1, -0.05) is 207 Å². The Morgan fingerprint density at radius 2 is 0.743 bits per heavy atom. The smallest absolute Gasteiger partial charge is 0.461 e. The number of allylic oxidation sites excluding steroid dienone is 17. The summed E-state index contributed by atoms with van der Waals surface area (Å²) in [7, 11) is -4.78. The lowest BCUT2D eigenvalue weighted by Crippen LogP contribution is -2.30. The quantitative estimate of drug-likeness (QED) is 0.0197. The largest absolute Gasteiger partial charge is 0.472 e. The van der Waals surface area contributed by atoms with Crippen molar-refractivity contribution < 1.29 is 52.2 Å². The minimum atomic E-state index is -4.78. The molecule has 0 amide bonds. The third-order valence-electron chi connectivity index (χ3n) is 11.7. The number of carbonyl (C=O) groups excluding carboxylic acids is 3. The maximum Gasteiger partial charge on any atom is 0.472 e. The van der Waals surface area contributed by atoms with Crippen LogP contribution in [-0.2, 0) is 42.2 Å². The van der Waals surface area contributed by atoms with Crippen molar-refractivity contribution >= 4 is 25.7 Å². The van der Waals surface area contributed by atoms with E-state index in [0.717, 1.165) is 116 Å². The molecule has 0 heterocycles. The lowest BCUT2D eigenvalue weighted by atomic mass is 10.1. The average molecular weight is 1060 g/mol. The third-order valence-corrected chi connectivity index (χ3v) is 12.6. The van der Waals surface area contributed by atoms with Gasteiger partial charge in [0.1, 0.15) is 12.7 Å². The highest BCUT2D eigenvalue weighted by atomic mass is 31.2. The lowest BCUT2D eigenvalue weighted by Gasteiger charge is -2.21. The number of ether oxygens (including phenoxy) is 3. The highest BCUT2D eigenvalue weighted by Crippen LogP contribution is 2.43. The molecule has 0 aromatic rings. The van der Waals surface area contributed by atoms with Gasteiger partial charge in [-0.3, -0.25) is 23.4 Å². The van der Waals surface area contributed by atoms with E-state index in [1.807, 2.05) is 12.2 Å². The van der Waals surface area contributed by atoms with Gasteiger partial charge in [-0.15, -0.1) is 0 Å². The van der Waals surface area contributed by atoms with Gasteiger partial charge in [0.15, 0.2) is 6.10 Å². The number of phosphoric ester groups is 1. The fourth-order valence-corrected chi connectivity index (χ4v) is 8.10. The fraction of sp³-hybridized carbons (Fsp3) is 0.661. The zero-order chi connectivity index (χ0) is 54.1. The highest BCUT2D eigenvalue weighted by molar-refractivity contribution is 7.47. The molecule has 0 radical (unpaired) electrons. The molecule has 0 spiro atoms. The minimum Gasteiger partial charge on any atom is -0.461 e. The van der Waals surface area contributed by atoms with Crippen molar-refractivity contribution in [3.63, 3.8) is 0 Å². The number of aliphatic hydroxyl groups is 1. The van der Waals surface area contributed by atoms with Crippen molar-refractivity contribution in [1.82, 2.24) is 0 Å². The van der Waals surface area contributed by atoms with Crippen LogP contribution in [0.1, 0.15) is 226 Å². The second kappa shape index (κ2) is 55.4. The molecule has 74 heavy (non-hydrogen) atoms. The maximum atomic E-state index is 12.9. The Labute approximate surface area is 450 Å². The van der Waals surface area contributed by atoms with E-state index in [2.05, 4.69) is 112 Å². The van der Waals surface area contributed by atoms with Crippen LogP contribution < -0.4 is 0 Å². The van der Waals surface area contributed by atoms with Crippen molar-refractivity contribution in [2.24, 2.45) is 0 Å². The Morgan fingerprint density at radius 3 is 1.19 bits per heavy atom. The van der Waals surface area contributed by atoms with E-state index in [4.69, 9.17) is 23.3 Å². The molecule has 0 saturated heterocycles. The number of rotatable bonds is 52. The summed E-state index contributed by atoms with van der Waals surface area (Å²) in [6.07, 6.45) is 66.4. The fourth-order valence-electron chi connectivity index (χ4n) is 7.31. The molecule has 0 aliphatic rings. The van der Waals surface area contributed by atoms with Gasteiger partial charge in [0, 0.05) is 12.8 Å². The molecule has 0 aromatic carbocycles. The van der Waals surface area contributed by atoms with Crippen molar-refractivity contribution in [2.75, 3.05) is 26.4 Å². The summed E-state index contributed by atoms with van der Waals surface area (Å²) in [6, 6.07) is 0. The van der Waals surface area contributed by atoms with Crippen LogP contribution in [-0.4, -0.2) is 66.5 Å². The van der Waals surface area contributed by atoms with Crippen LogP contribution in [0.3, 0.4) is 0 Å². The van der Waals surface area contributed by atoms with Crippen LogP contribution in [0, 0.1) is 0 Å². The van der Waals surface area contributed by atoms with Gasteiger partial charge in [0.05, 0.1) is 26.2 Å². The summed E-state index contributed by atoms with van der Waals surface area (Å²) in [5.41, 5.74) is 0. The first kappa shape index (κ1) is 70.1. The summed E-state index contributed by atoms with van der Waals surface area (Å²) < 4.78 is 39.4.